The predicted octanol–water partition coefficient (Wildman–Crippen LogP) is 3.15. The van der Waals surface area contributed by atoms with Gasteiger partial charge in [0.1, 0.15) is 23.0 Å². The Bertz CT molecular complexity index is 658. The molecule has 2 aromatic rings. The molecule has 1 saturated carbocycles. The molecule has 1 aromatic carbocycles. The summed E-state index contributed by atoms with van der Waals surface area (Å²) in [5.74, 6) is 0.846. The van der Waals surface area contributed by atoms with Gasteiger partial charge in [-0.15, -0.1) is 0 Å². The Kier molecular flexibility index (Phi) is 3.56. The SMILES string of the molecule is C[C@@H]1C[C@H]1NC(=O)c1ccc(Oc2cccc(F)c2)cn1. The van der Waals surface area contributed by atoms with Crippen molar-refractivity contribution in [3.05, 3.63) is 54.1 Å². The molecular formula is C16H15FN2O2. The highest BCUT2D eigenvalue weighted by Crippen LogP contribution is 2.29. The second-order valence-electron chi connectivity index (χ2n) is 5.23. The molecule has 1 aliphatic carbocycles. The average molecular weight is 286 g/mol. The summed E-state index contributed by atoms with van der Waals surface area (Å²) < 4.78 is 18.5. The topological polar surface area (TPSA) is 51.2 Å². The lowest BCUT2D eigenvalue weighted by Gasteiger charge is -2.06. The number of hydrogen-bond acceptors (Lipinski definition) is 3. The molecule has 0 radical (unpaired) electrons. The molecule has 2 atom stereocenters. The van der Waals surface area contributed by atoms with E-state index in [0.717, 1.165) is 6.42 Å². The molecule has 5 heteroatoms. The van der Waals surface area contributed by atoms with Crippen LogP contribution in [0.1, 0.15) is 23.8 Å². The van der Waals surface area contributed by atoms with Crippen LogP contribution in [-0.2, 0) is 0 Å². The van der Waals surface area contributed by atoms with Crippen molar-refractivity contribution < 1.29 is 13.9 Å². The molecule has 1 aliphatic rings. The summed E-state index contributed by atoms with van der Waals surface area (Å²) in [6.07, 6.45) is 2.47. The number of benzene rings is 1. The maximum Gasteiger partial charge on any atom is 0.270 e. The van der Waals surface area contributed by atoms with Gasteiger partial charge in [0.2, 0.25) is 0 Å². The smallest absolute Gasteiger partial charge is 0.270 e. The van der Waals surface area contributed by atoms with Gasteiger partial charge in [-0.3, -0.25) is 4.79 Å². The number of halogens is 1. The van der Waals surface area contributed by atoms with Crippen LogP contribution in [0.4, 0.5) is 4.39 Å². The number of carbonyl (C=O) groups excluding carboxylic acids is 1. The van der Waals surface area contributed by atoms with Gasteiger partial charge in [0.25, 0.3) is 5.91 Å². The molecule has 0 unspecified atom stereocenters. The normalized spacial score (nSPS) is 19.9. The summed E-state index contributed by atoms with van der Waals surface area (Å²) in [4.78, 5) is 16.0. The third-order valence-electron chi connectivity index (χ3n) is 3.43. The summed E-state index contributed by atoms with van der Waals surface area (Å²) in [6, 6.07) is 9.35. The molecule has 0 aliphatic heterocycles. The van der Waals surface area contributed by atoms with E-state index in [-0.39, 0.29) is 17.8 Å². The van der Waals surface area contributed by atoms with Gasteiger partial charge >= 0.3 is 0 Å². The van der Waals surface area contributed by atoms with Gasteiger partial charge in [-0.25, -0.2) is 9.37 Å². The lowest BCUT2D eigenvalue weighted by Crippen LogP contribution is -2.27. The van der Waals surface area contributed by atoms with Crippen LogP contribution >= 0.6 is 0 Å². The number of carbonyl (C=O) groups is 1. The summed E-state index contributed by atoms with van der Waals surface area (Å²) in [7, 11) is 0. The molecule has 0 spiro atoms. The van der Waals surface area contributed by atoms with Crippen LogP contribution in [0.2, 0.25) is 0 Å². The van der Waals surface area contributed by atoms with Gasteiger partial charge in [-0.1, -0.05) is 13.0 Å². The van der Waals surface area contributed by atoms with Crippen molar-refractivity contribution in [2.45, 2.75) is 19.4 Å². The zero-order valence-electron chi connectivity index (χ0n) is 11.5. The largest absolute Gasteiger partial charge is 0.456 e. The van der Waals surface area contributed by atoms with Crippen molar-refractivity contribution in [3.8, 4) is 11.5 Å². The predicted molar refractivity (Wildman–Crippen MR) is 75.7 cm³/mol. The zero-order valence-corrected chi connectivity index (χ0v) is 11.5. The van der Waals surface area contributed by atoms with Gasteiger partial charge in [0.05, 0.1) is 6.20 Å². The van der Waals surface area contributed by atoms with Crippen molar-refractivity contribution in [1.82, 2.24) is 10.3 Å². The Labute approximate surface area is 122 Å². The molecule has 1 aromatic heterocycles. The Balaban J connectivity index is 1.65. The van der Waals surface area contributed by atoms with E-state index in [1.807, 2.05) is 0 Å². The number of aromatic nitrogens is 1. The fourth-order valence-corrected chi connectivity index (χ4v) is 2.01. The fourth-order valence-electron chi connectivity index (χ4n) is 2.01. The quantitative estimate of drug-likeness (QED) is 0.939. The van der Waals surface area contributed by atoms with Gasteiger partial charge in [0, 0.05) is 12.1 Å². The second-order valence-corrected chi connectivity index (χ2v) is 5.23. The molecule has 0 bridgehead atoms. The first-order valence-corrected chi connectivity index (χ1v) is 6.82. The molecule has 21 heavy (non-hydrogen) atoms. The Morgan fingerprint density at radius 2 is 2.14 bits per heavy atom. The molecule has 3 rings (SSSR count). The van der Waals surface area contributed by atoms with Crippen molar-refractivity contribution in [2.24, 2.45) is 5.92 Å². The summed E-state index contributed by atoms with van der Waals surface area (Å²) >= 11 is 0. The van der Waals surface area contributed by atoms with Gasteiger partial charge in [-0.2, -0.15) is 0 Å². The number of amides is 1. The lowest BCUT2D eigenvalue weighted by molar-refractivity contribution is 0.0944. The molecule has 1 amide bonds. The highest BCUT2D eigenvalue weighted by atomic mass is 19.1. The van der Waals surface area contributed by atoms with Crippen LogP contribution in [0.15, 0.2) is 42.6 Å². The summed E-state index contributed by atoms with van der Waals surface area (Å²) in [5.41, 5.74) is 0.348. The lowest BCUT2D eigenvalue weighted by atomic mass is 10.3. The van der Waals surface area contributed by atoms with E-state index in [2.05, 4.69) is 17.2 Å². The highest BCUT2D eigenvalue weighted by Gasteiger charge is 2.34. The standard InChI is InChI=1S/C16H15FN2O2/c1-10-7-15(10)19-16(20)14-6-5-13(9-18-14)21-12-4-2-3-11(17)8-12/h2-6,8-10,15H,7H2,1H3,(H,19,20)/t10-,15-/m1/s1. The Hall–Kier alpha value is -2.43. The molecule has 1 fully saturated rings. The zero-order chi connectivity index (χ0) is 14.8. The first-order valence-electron chi connectivity index (χ1n) is 6.82. The fraction of sp³-hybridized carbons (Fsp3) is 0.250. The second kappa shape index (κ2) is 5.52. The number of ether oxygens (including phenoxy) is 1. The van der Waals surface area contributed by atoms with Gasteiger partial charge in [-0.05, 0) is 36.6 Å². The minimum atomic E-state index is -0.366. The van der Waals surface area contributed by atoms with E-state index < -0.39 is 0 Å². The van der Waals surface area contributed by atoms with Crippen molar-refractivity contribution in [3.63, 3.8) is 0 Å². The molecule has 0 saturated heterocycles. The molecule has 1 heterocycles. The average Bonchev–Trinajstić information content (AvgIpc) is 3.15. The monoisotopic (exact) mass is 286 g/mol. The van der Waals surface area contributed by atoms with Crippen LogP contribution in [-0.4, -0.2) is 16.9 Å². The molecule has 108 valence electrons. The van der Waals surface area contributed by atoms with E-state index in [0.29, 0.717) is 23.1 Å². The Morgan fingerprint density at radius 3 is 2.76 bits per heavy atom. The minimum absolute atomic E-state index is 0.179. The van der Waals surface area contributed by atoms with Crippen molar-refractivity contribution in [1.29, 1.82) is 0 Å². The van der Waals surface area contributed by atoms with Gasteiger partial charge < -0.3 is 10.1 Å². The third kappa shape index (κ3) is 3.37. The van der Waals surface area contributed by atoms with Crippen molar-refractivity contribution >= 4 is 5.91 Å². The van der Waals surface area contributed by atoms with E-state index in [1.54, 1.807) is 24.3 Å². The molecular weight excluding hydrogens is 271 g/mol. The first kappa shape index (κ1) is 13.5. The number of rotatable bonds is 4. The summed E-state index contributed by atoms with van der Waals surface area (Å²) in [5, 5.41) is 2.90. The highest BCUT2D eigenvalue weighted by molar-refractivity contribution is 5.92. The van der Waals surface area contributed by atoms with E-state index >= 15 is 0 Å². The van der Waals surface area contributed by atoms with Crippen LogP contribution in [0.25, 0.3) is 0 Å². The van der Waals surface area contributed by atoms with Crippen LogP contribution in [0.5, 0.6) is 11.5 Å². The first-order chi connectivity index (χ1) is 10.1. The van der Waals surface area contributed by atoms with E-state index in [1.165, 1.54) is 18.3 Å². The van der Waals surface area contributed by atoms with Crippen LogP contribution < -0.4 is 10.1 Å². The van der Waals surface area contributed by atoms with Crippen LogP contribution in [0.3, 0.4) is 0 Å². The van der Waals surface area contributed by atoms with E-state index in [4.69, 9.17) is 4.74 Å². The summed E-state index contributed by atoms with van der Waals surface area (Å²) in [6.45, 7) is 2.09. The maximum absolute atomic E-state index is 13.1. The Morgan fingerprint density at radius 1 is 1.33 bits per heavy atom. The number of nitrogens with one attached hydrogen (secondary N) is 1. The number of hydrogen-bond donors (Lipinski definition) is 1. The van der Waals surface area contributed by atoms with Crippen molar-refractivity contribution in [2.75, 3.05) is 0 Å². The molecule has 1 N–H and O–H groups in total. The van der Waals surface area contributed by atoms with E-state index in [9.17, 15) is 9.18 Å². The number of nitrogens with zero attached hydrogens (tertiary/aromatic N) is 1. The third-order valence-corrected chi connectivity index (χ3v) is 3.43. The van der Waals surface area contributed by atoms with Gasteiger partial charge in [0.15, 0.2) is 0 Å². The maximum atomic E-state index is 13.1. The number of pyridine rings is 1. The molecule has 4 nitrogen and oxygen atoms in total. The van der Waals surface area contributed by atoms with Crippen LogP contribution in [0, 0.1) is 11.7 Å². The minimum Gasteiger partial charge on any atom is -0.456 e.